The summed E-state index contributed by atoms with van der Waals surface area (Å²) in [5, 5.41) is 18.7. The van der Waals surface area contributed by atoms with Gasteiger partial charge in [0.15, 0.2) is 0 Å². The topological polar surface area (TPSA) is 72.2 Å². The van der Waals surface area contributed by atoms with Gasteiger partial charge in [-0.25, -0.2) is 0 Å². The second-order valence-corrected chi connectivity index (χ2v) is 5.74. The molecule has 6 nitrogen and oxygen atoms in total. The highest BCUT2D eigenvalue weighted by atomic mass is 27.0. The Morgan fingerprint density at radius 3 is 0.281 bits per heavy atom. The minimum atomic E-state index is 0. The van der Waals surface area contributed by atoms with E-state index in [1.54, 1.807) is 0 Å². The van der Waals surface area contributed by atoms with Gasteiger partial charge < -0.3 is 31.9 Å². The summed E-state index contributed by atoms with van der Waals surface area (Å²) in [6.45, 7) is 38.3. The normalized spacial score (nSPS) is 7.88. The highest BCUT2D eigenvalue weighted by molar-refractivity contribution is 5.76. The maximum absolute atomic E-state index is 3.11. The van der Waals surface area contributed by atoms with Crippen molar-refractivity contribution >= 4 is 34.7 Å². The molecule has 8 heteroatoms. The Kier molecular flexibility index (Phi) is 144. The van der Waals surface area contributed by atoms with Crippen molar-refractivity contribution in [2.75, 3.05) is 78.5 Å². The van der Waals surface area contributed by atoms with Crippen LogP contribution in [0.25, 0.3) is 0 Å². The molecule has 0 spiro atoms. The monoisotopic (exact) mass is 492 g/mol. The summed E-state index contributed by atoms with van der Waals surface area (Å²) in [6, 6.07) is 0. The first-order valence-corrected chi connectivity index (χ1v) is 12.7. The van der Waals surface area contributed by atoms with Crippen LogP contribution in [0.5, 0.6) is 0 Å². The Bertz CT molecular complexity index is 124. The molecule has 0 saturated carbocycles. The van der Waals surface area contributed by atoms with Crippen molar-refractivity contribution in [1.82, 2.24) is 31.9 Å². The number of nitrogens with one attached hydrogen (secondary N) is 6. The van der Waals surface area contributed by atoms with Crippen LogP contribution in [0.4, 0.5) is 0 Å². The maximum Gasteiger partial charge on any atom is 0 e. The molecule has 0 atom stereocenters. The van der Waals surface area contributed by atoms with Gasteiger partial charge >= 0.3 is 0 Å². The van der Waals surface area contributed by atoms with E-state index in [9.17, 15) is 0 Å². The van der Waals surface area contributed by atoms with E-state index in [0.717, 1.165) is 78.5 Å². The van der Waals surface area contributed by atoms with Crippen molar-refractivity contribution in [1.29, 1.82) is 0 Å². The molecule has 0 amide bonds. The summed E-state index contributed by atoms with van der Waals surface area (Å²) < 4.78 is 0. The molecule has 6 N–H and O–H groups in total. The summed E-state index contributed by atoms with van der Waals surface area (Å²) in [5.41, 5.74) is 0. The van der Waals surface area contributed by atoms with Crippen molar-refractivity contribution in [3.63, 3.8) is 0 Å². The van der Waals surface area contributed by atoms with E-state index in [1.165, 1.54) is 0 Å². The van der Waals surface area contributed by atoms with E-state index < -0.39 is 0 Å². The fraction of sp³-hybridized carbons (Fsp3) is 1.00. The Morgan fingerprint density at radius 1 is 0.219 bits per heavy atom. The molecule has 32 heavy (non-hydrogen) atoms. The lowest BCUT2D eigenvalue weighted by Gasteiger charge is -1.86. The Balaban J connectivity index is -0.0000000356. The third-order valence-electron chi connectivity index (χ3n) is 3.00. The van der Waals surface area contributed by atoms with Crippen LogP contribution < -0.4 is 31.9 Å². The molecule has 0 aliphatic heterocycles. The molecule has 0 bridgehead atoms. The molecule has 0 aromatic heterocycles. The zero-order valence-electron chi connectivity index (χ0n) is 24.6. The third kappa shape index (κ3) is 167. The van der Waals surface area contributed by atoms with Crippen molar-refractivity contribution in [2.45, 2.75) is 83.1 Å². The van der Waals surface area contributed by atoms with E-state index in [4.69, 9.17) is 0 Å². The summed E-state index contributed by atoms with van der Waals surface area (Å²) >= 11 is 0. The van der Waals surface area contributed by atoms with E-state index in [-0.39, 0.29) is 34.7 Å². The highest BCUT2D eigenvalue weighted by Crippen LogP contribution is 1.50. The molecule has 0 unspecified atom stereocenters. The fourth-order valence-corrected chi connectivity index (χ4v) is 1.50. The average molecular weight is 493 g/mol. The molecule has 0 saturated heterocycles. The van der Waals surface area contributed by atoms with E-state index >= 15 is 0 Å². The van der Waals surface area contributed by atoms with Gasteiger partial charge in [-0.1, -0.05) is 83.1 Å². The van der Waals surface area contributed by atoms with Gasteiger partial charge in [0.25, 0.3) is 0 Å². The van der Waals surface area contributed by atoms with Crippen LogP contribution in [0.2, 0.25) is 0 Å². The predicted octanol–water partition coefficient (Wildman–Crippen LogP) is 2.93. The molecule has 0 aliphatic rings. The minimum absolute atomic E-state index is 0. The molecule has 0 aromatic carbocycles. The second kappa shape index (κ2) is 85.3. The van der Waals surface area contributed by atoms with Crippen LogP contribution in [0, 0.1) is 0 Å². The van der Waals surface area contributed by atoms with Crippen LogP contribution in [0.15, 0.2) is 0 Å². The molecule has 198 valence electrons. The number of hydrogen-bond acceptors (Lipinski definition) is 6. The quantitative estimate of drug-likeness (QED) is 0.235. The van der Waals surface area contributed by atoms with Crippen LogP contribution >= 0.6 is 0 Å². The lowest BCUT2D eigenvalue weighted by molar-refractivity contribution is 0.762. The molecule has 0 fully saturated rings. The van der Waals surface area contributed by atoms with Crippen molar-refractivity contribution in [2.24, 2.45) is 0 Å². The molecular weight excluding hydrogens is 426 g/mol. The van der Waals surface area contributed by atoms with E-state index in [1.807, 2.05) is 0 Å². The Labute approximate surface area is 227 Å². The molecule has 0 heterocycles. The van der Waals surface area contributed by atoms with Crippen LogP contribution in [0.1, 0.15) is 83.1 Å². The van der Waals surface area contributed by atoms with Gasteiger partial charge in [0.05, 0.1) is 0 Å². The zero-order valence-corrected chi connectivity index (χ0v) is 26.9. The van der Waals surface area contributed by atoms with Crippen molar-refractivity contribution in [3.05, 3.63) is 0 Å². The van der Waals surface area contributed by atoms with Gasteiger partial charge in [0.1, 0.15) is 0 Å². The van der Waals surface area contributed by atoms with Crippen molar-refractivity contribution in [3.8, 4) is 0 Å². The Hall–Kier alpha value is 0.825. The molecule has 0 aliphatic carbocycles. The van der Waals surface area contributed by atoms with Crippen LogP contribution in [-0.4, -0.2) is 113 Å². The third-order valence-corrected chi connectivity index (χ3v) is 3.00. The van der Waals surface area contributed by atoms with Gasteiger partial charge in [-0.05, 0) is 78.5 Å². The molecular formula is C24H66Al2N6. The average Bonchev–Trinajstić information content (AvgIpc) is 2.74. The van der Waals surface area contributed by atoms with E-state index in [2.05, 4.69) is 115 Å². The zero-order chi connectivity index (χ0) is 24.7. The first kappa shape index (κ1) is 53.9. The maximum atomic E-state index is 3.11. The van der Waals surface area contributed by atoms with Gasteiger partial charge in [-0.15, -0.1) is 0 Å². The summed E-state index contributed by atoms with van der Waals surface area (Å²) in [5.74, 6) is 0. The molecule has 6 radical (unpaired) electrons. The molecule has 0 rings (SSSR count). The lowest BCUT2D eigenvalue weighted by Crippen LogP contribution is -2.09. The largest absolute Gasteiger partial charge is 0.317 e. The highest BCUT2D eigenvalue weighted by Gasteiger charge is 1.65. The number of hydrogen-bond donors (Lipinski definition) is 6. The summed E-state index contributed by atoms with van der Waals surface area (Å²) in [4.78, 5) is 0. The van der Waals surface area contributed by atoms with Crippen LogP contribution in [0.3, 0.4) is 0 Å². The lowest BCUT2D eigenvalue weighted by atomic mass is 10.7. The van der Waals surface area contributed by atoms with E-state index in [0.29, 0.717) is 0 Å². The van der Waals surface area contributed by atoms with Crippen molar-refractivity contribution < 1.29 is 0 Å². The number of rotatable bonds is 12. The second-order valence-electron chi connectivity index (χ2n) is 5.74. The summed E-state index contributed by atoms with van der Waals surface area (Å²) in [7, 11) is 0. The van der Waals surface area contributed by atoms with Gasteiger partial charge in [0.2, 0.25) is 0 Å². The summed E-state index contributed by atoms with van der Waals surface area (Å²) in [6.07, 6.45) is 0. The van der Waals surface area contributed by atoms with Gasteiger partial charge in [-0.2, -0.15) is 0 Å². The first-order valence-electron chi connectivity index (χ1n) is 12.7. The van der Waals surface area contributed by atoms with Gasteiger partial charge in [-0.3, -0.25) is 0 Å². The SMILES string of the molecule is CCNCC.CCNCC.CCNCC.CCNCC.CCNCC.CCNCC.[Al].[Al]. The fourth-order valence-electron chi connectivity index (χ4n) is 1.50. The molecule has 0 aromatic rings. The smallest absolute Gasteiger partial charge is 0 e. The minimum Gasteiger partial charge on any atom is -0.317 e. The van der Waals surface area contributed by atoms with Crippen LogP contribution in [-0.2, 0) is 0 Å². The van der Waals surface area contributed by atoms with Gasteiger partial charge in [0, 0.05) is 34.7 Å². The predicted molar refractivity (Wildman–Crippen MR) is 157 cm³/mol. The first-order chi connectivity index (χ1) is 14.5. The standard InChI is InChI=1S/6C4H11N.2Al/c6*1-3-5-4-2;;/h6*5H,3-4H2,1-2H3;;. The Morgan fingerprint density at radius 2 is 0.281 bits per heavy atom.